The number of halogens is 1. The molecule has 100 valence electrons. The molecule has 0 unspecified atom stereocenters. The van der Waals surface area contributed by atoms with Crippen molar-refractivity contribution in [3.8, 4) is 0 Å². The average molecular weight is 275 g/mol. The zero-order chi connectivity index (χ0) is 13.8. The third-order valence-electron chi connectivity index (χ3n) is 3.41. The van der Waals surface area contributed by atoms with Crippen LogP contribution in [-0.4, -0.2) is 4.98 Å². The first-order valence-corrected chi connectivity index (χ1v) is 6.88. The normalized spacial score (nSPS) is 14.1. The summed E-state index contributed by atoms with van der Waals surface area (Å²) in [6.07, 6.45) is 1.82. The number of pyridine rings is 1. The molecule has 0 bridgehead atoms. The second kappa shape index (κ2) is 6.18. The third-order valence-corrected chi connectivity index (χ3v) is 3.63. The standard InChI is InChI=1S/C16H19ClN2/c1-11-6-4-5-7-15(11)13(3)19-12(2)14-8-9-16(17)18-10-14/h4-10,12-13,19H,1-3H3/t12-,13-/m1/s1. The molecule has 19 heavy (non-hydrogen) atoms. The predicted octanol–water partition coefficient (Wildman–Crippen LogP) is 4.46. The minimum Gasteiger partial charge on any atom is -0.304 e. The van der Waals surface area contributed by atoms with Gasteiger partial charge in [-0.2, -0.15) is 0 Å². The second-order valence-corrected chi connectivity index (χ2v) is 5.27. The van der Waals surface area contributed by atoms with E-state index in [2.05, 4.69) is 55.3 Å². The highest BCUT2D eigenvalue weighted by atomic mass is 35.5. The van der Waals surface area contributed by atoms with Gasteiger partial charge < -0.3 is 5.32 Å². The van der Waals surface area contributed by atoms with Gasteiger partial charge in [-0.25, -0.2) is 4.98 Å². The Morgan fingerprint density at radius 1 is 1.05 bits per heavy atom. The van der Waals surface area contributed by atoms with E-state index in [9.17, 15) is 0 Å². The van der Waals surface area contributed by atoms with Gasteiger partial charge in [0.15, 0.2) is 0 Å². The van der Waals surface area contributed by atoms with Crippen LogP contribution >= 0.6 is 11.6 Å². The Morgan fingerprint density at radius 3 is 2.42 bits per heavy atom. The molecule has 0 radical (unpaired) electrons. The third kappa shape index (κ3) is 3.55. The lowest BCUT2D eigenvalue weighted by Crippen LogP contribution is -2.23. The first-order chi connectivity index (χ1) is 9.08. The Kier molecular flexibility index (Phi) is 4.56. The van der Waals surface area contributed by atoms with E-state index in [4.69, 9.17) is 11.6 Å². The molecule has 0 aliphatic rings. The van der Waals surface area contributed by atoms with Gasteiger partial charge in [0.25, 0.3) is 0 Å². The van der Waals surface area contributed by atoms with Gasteiger partial charge in [0.2, 0.25) is 0 Å². The van der Waals surface area contributed by atoms with Crippen molar-refractivity contribution in [3.63, 3.8) is 0 Å². The van der Waals surface area contributed by atoms with Crippen molar-refractivity contribution in [2.24, 2.45) is 0 Å². The monoisotopic (exact) mass is 274 g/mol. The van der Waals surface area contributed by atoms with Crippen molar-refractivity contribution in [1.29, 1.82) is 0 Å². The molecule has 2 nitrogen and oxygen atoms in total. The van der Waals surface area contributed by atoms with Crippen molar-refractivity contribution in [3.05, 3.63) is 64.4 Å². The Bertz CT molecular complexity index is 537. The van der Waals surface area contributed by atoms with Gasteiger partial charge in [-0.15, -0.1) is 0 Å². The summed E-state index contributed by atoms with van der Waals surface area (Å²) < 4.78 is 0. The summed E-state index contributed by atoms with van der Waals surface area (Å²) in [6.45, 7) is 6.46. The van der Waals surface area contributed by atoms with Crippen LogP contribution in [0.1, 0.15) is 42.6 Å². The van der Waals surface area contributed by atoms with Crippen LogP contribution in [0.25, 0.3) is 0 Å². The van der Waals surface area contributed by atoms with Crippen LogP contribution in [0.4, 0.5) is 0 Å². The summed E-state index contributed by atoms with van der Waals surface area (Å²) in [7, 11) is 0. The number of hydrogen-bond acceptors (Lipinski definition) is 2. The molecule has 1 aromatic heterocycles. The molecular formula is C16H19ClN2. The summed E-state index contributed by atoms with van der Waals surface area (Å²) in [5.41, 5.74) is 3.78. The quantitative estimate of drug-likeness (QED) is 0.833. The van der Waals surface area contributed by atoms with Crippen LogP contribution in [0.5, 0.6) is 0 Å². The van der Waals surface area contributed by atoms with Crippen molar-refractivity contribution < 1.29 is 0 Å². The van der Waals surface area contributed by atoms with E-state index in [0.29, 0.717) is 11.2 Å². The summed E-state index contributed by atoms with van der Waals surface area (Å²) in [5.74, 6) is 0. The first-order valence-electron chi connectivity index (χ1n) is 6.51. The molecule has 1 aromatic carbocycles. The highest BCUT2D eigenvalue weighted by molar-refractivity contribution is 6.29. The molecule has 3 heteroatoms. The van der Waals surface area contributed by atoms with Gasteiger partial charge in [-0.05, 0) is 43.5 Å². The fourth-order valence-electron chi connectivity index (χ4n) is 2.28. The number of aryl methyl sites for hydroxylation is 1. The lowest BCUT2D eigenvalue weighted by atomic mass is 10.0. The molecule has 0 aliphatic heterocycles. The second-order valence-electron chi connectivity index (χ2n) is 4.88. The molecule has 2 rings (SSSR count). The molecule has 1 heterocycles. The summed E-state index contributed by atoms with van der Waals surface area (Å²) >= 11 is 5.81. The van der Waals surface area contributed by atoms with Gasteiger partial charge in [0, 0.05) is 18.3 Å². The number of nitrogens with one attached hydrogen (secondary N) is 1. The van der Waals surface area contributed by atoms with Gasteiger partial charge in [-0.3, -0.25) is 0 Å². The fourth-order valence-corrected chi connectivity index (χ4v) is 2.39. The maximum atomic E-state index is 5.81. The molecular weight excluding hydrogens is 256 g/mol. The van der Waals surface area contributed by atoms with E-state index in [1.807, 2.05) is 18.3 Å². The van der Waals surface area contributed by atoms with Gasteiger partial charge >= 0.3 is 0 Å². The molecule has 1 N–H and O–H groups in total. The number of hydrogen-bond donors (Lipinski definition) is 1. The number of benzene rings is 1. The van der Waals surface area contributed by atoms with Crippen molar-refractivity contribution in [2.45, 2.75) is 32.9 Å². The zero-order valence-electron chi connectivity index (χ0n) is 11.5. The van der Waals surface area contributed by atoms with E-state index < -0.39 is 0 Å². The smallest absolute Gasteiger partial charge is 0.129 e. The van der Waals surface area contributed by atoms with E-state index in [1.54, 1.807) is 0 Å². The molecule has 2 aromatic rings. The van der Waals surface area contributed by atoms with Crippen molar-refractivity contribution in [1.82, 2.24) is 10.3 Å². The SMILES string of the molecule is Cc1ccccc1[C@@H](C)N[C@H](C)c1ccc(Cl)nc1. The van der Waals surface area contributed by atoms with E-state index in [1.165, 1.54) is 11.1 Å². The zero-order valence-corrected chi connectivity index (χ0v) is 12.3. The molecule has 0 saturated carbocycles. The highest BCUT2D eigenvalue weighted by Gasteiger charge is 2.12. The average Bonchev–Trinajstić information content (AvgIpc) is 2.39. The Balaban J connectivity index is 2.08. The summed E-state index contributed by atoms with van der Waals surface area (Å²) in [5, 5.41) is 4.12. The molecule has 0 saturated heterocycles. The number of rotatable bonds is 4. The predicted molar refractivity (Wildman–Crippen MR) is 80.4 cm³/mol. The fraction of sp³-hybridized carbons (Fsp3) is 0.312. The Morgan fingerprint density at radius 2 is 1.79 bits per heavy atom. The van der Waals surface area contributed by atoms with E-state index in [0.717, 1.165) is 5.56 Å². The minimum atomic E-state index is 0.236. The summed E-state index contributed by atoms with van der Waals surface area (Å²) in [4.78, 5) is 4.12. The van der Waals surface area contributed by atoms with Crippen LogP contribution in [0.15, 0.2) is 42.6 Å². The van der Waals surface area contributed by atoms with Gasteiger partial charge in [0.1, 0.15) is 5.15 Å². The van der Waals surface area contributed by atoms with Gasteiger partial charge in [0.05, 0.1) is 0 Å². The lowest BCUT2D eigenvalue weighted by molar-refractivity contribution is 0.492. The van der Waals surface area contributed by atoms with Crippen molar-refractivity contribution in [2.75, 3.05) is 0 Å². The van der Waals surface area contributed by atoms with E-state index in [-0.39, 0.29) is 6.04 Å². The van der Waals surface area contributed by atoms with Crippen LogP contribution < -0.4 is 5.32 Å². The van der Waals surface area contributed by atoms with Crippen LogP contribution in [0.3, 0.4) is 0 Å². The Labute approximate surface area is 119 Å². The minimum absolute atomic E-state index is 0.236. The van der Waals surface area contributed by atoms with Gasteiger partial charge in [-0.1, -0.05) is 41.9 Å². The maximum Gasteiger partial charge on any atom is 0.129 e. The molecule has 0 spiro atoms. The number of nitrogens with zero attached hydrogens (tertiary/aromatic N) is 1. The molecule has 2 atom stereocenters. The molecule has 0 fully saturated rings. The largest absolute Gasteiger partial charge is 0.304 e. The topological polar surface area (TPSA) is 24.9 Å². The Hall–Kier alpha value is -1.38. The van der Waals surface area contributed by atoms with Crippen molar-refractivity contribution >= 4 is 11.6 Å². The van der Waals surface area contributed by atoms with E-state index >= 15 is 0 Å². The molecule has 0 amide bonds. The highest BCUT2D eigenvalue weighted by Crippen LogP contribution is 2.21. The first kappa shape index (κ1) is 14.0. The van der Waals surface area contributed by atoms with Crippen LogP contribution in [0, 0.1) is 6.92 Å². The lowest BCUT2D eigenvalue weighted by Gasteiger charge is -2.22. The number of aromatic nitrogens is 1. The van der Waals surface area contributed by atoms with Crippen LogP contribution in [0.2, 0.25) is 5.15 Å². The van der Waals surface area contributed by atoms with Crippen LogP contribution in [-0.2, 0) is 0 Å². The molecule has 0 aliphatic carbocycles. The summed E-state index contributed by atoms with van der Waals surface area (Å²) in [6, 6.07) is 12.8. The maximum absolute atomic E-state index is 5.81.